The van der Waals surface area contributed by atoms with Crippen molar-refractivity contribution in [3.63, 3.8) is 0 Å². The third-order valence-electron chi connectivity index (χ3n) is 2.42. The summed E-state index contributed by atoms with van der Waals surface area (Å²) >= 11 is 0. The maximum absolute atomic E-state index is 11.0. The topological polar surface area (TPSA) is 26.3 Å². The number of carbonyl (C=O) groups excluding carboxylic acids is 1. The summed E-state index contributed by atoms with van der Waals surface area (Å²) < 4.78 is 5.04. The third kappa shape index (κ3) is 1.02. The second-order valence-electron chi connectivity index (χ2n) is 3.02. The molecule has 0 saturated carbocycles. The molecule has 1 rings (SSSR count). The molecule has 10 heavy (non-hydrogen) atoms. The van der Waals surface area contributed by atoms with Crippen LogP contribution in [-0.4, -0.2) is 12.1 Å². The fourth-order valence-corrected chi connectivity index (χ4v) is 1.46. The minimum absolute atomic E-state index is 0.0116. The van der Waals surface area contributed by atoms with Crippen molar-refractivity contribution in [1.29, 1.82) is 0 Å². The Hall–Kier alpha value is -0.530. The Labute approximate surface area is 61.6 Å². The van der Waals surface area contributed by atoms with Crippen LogP contribution in [0.4, 0.5) is 0 Å². The molecule has 3 atom stereocenters. The van der Waals surface area contributed by atoms with E-state index in [0.717, 1.165) is 6.42 Å². The van der Waals surface area contributed by atoms with Gasteiger partial charge in [0, 0.05) is 5.92 Å². The molecule has 0 aromatic rings. The first-order valence-corrected chi connectivity index (χ1v) is 3.87. The van der Waals surface area contributed by atoms with Gasteiger partial charge in [-0.25, -0.2) is 0 Å². The molecule has 0 radical (unpaired) electrons. The molecule has 1 saturated heterocycles. The van der Waals surface area contributed by atoms with Gasteiger partial charge in [-0.1, -0.05) is 13.8 Å². The van der Waals surface area contributed by atoms with Gasteiger partial charge in [-0.15, -0.1) is 0 Å². The monoisotopic (exact) mass is 142 g/mol. The molecule has 0 aliphatic carbocycles. The SMILES string of the molecule is CCC1C(=O)OC(C)C1C. The molecule has 1 fully saturated rings. The highest BCUT2D eigenvalue weighted by molar-refractivity contribution is 5.75. The highest BCUT2D eigenvalue weighted by Crippen LogP contribution is 2.29. The lowest BCUT2D eigenvalue weighted by molar-refractivity contribution is -0.143. The largest absolute Gasteiger partial charge is 0.462 e. The van der Waals surface area contributed by atoms with Crippen molar-refractivity contribution in [2.75, 3.05) is 0 Å². The van der Waals surface area contributed by atoms with Crippen LogP contribution in [0.15, 0.2) is 0 Å². The van der Waals surface area contributed by atoms with Gasteiger partial charge in [0.15, 0.2) is 0 Å². The van der Waals surface area contributed by atoms with E-state index in [9.17, 15) is 4.79 Å². The molecule has 0 amide bonds. The quantitative estimate of drug-likeness (QED) is 0.520. The molecule has 1 aliphatic rings. The van der Waals surface area contributed by atoms with Gasteiger partial charge in [0.1, 0.15) is 6.10 Å². The van der Waals surface area contributed by atoms with Gasteiger partial charge < -0.3 is 4.74 Å². The molecule has 1 heterocycles. The third-order valence-corrected chi connectivity index (χ3v) is 2.42. The number of ether oxygens (including phenoxy) is 1. The summed E-state index contributed by atoms with van der Waals surface area (Å²) in [6.45, 7) is 6.06. The predicted octanol–water partition coefficient (Wildman–Crippen LogP) is 1.59. The summed E-state index contributed by atoms with van der Waals surface area (Å²) in [5.74, 6) is 0.537. The van der Waals surface area contributed by atoms with Crippen molar-refractivity contribution < 1.29 is 9.53 Å². The molecule has 0 aromatic heterocycles. The average Bonchev–Trinajstić information content (AvgIpc) is 2.09. The summed E-state index contributed by atoms with van der Waals surface area (Å²) in [6.07, 6.45) is 1.03. The first-order valence-electron chi connectivity index (χ1n) is 3.87. The first-order chi connectivity index (χ1) is 4.66. The van der Waals surface area contributed by atoms with E-state index < -0.39 is 0 Å². The van der Waals surface area contributed by atoms with Crippen LogP contribution in [-0.2, 0) is 9.53 Å². The lowest BCUT2D eigenvalue weighted by Crippen LogP contribution is -2.14. The Morgan fingerprint density at radius 2 is 2.10 bits per heavy atom. The minimum Gasteiger partial charge on any atom is -0.462 e. The van der Waals surface area contributed by atoms with Crippen molar-refractivity contribution in [2.24, 2.45) is 11.8 Å². The molecule has 0 bridgehead atoms. The molecule has 0 aromatic carbocycles. The molecular weight excluding hydrogens is 128 g/mol. The normalized spacial score (nSPS) is 39.9. The Morgan fingerprint density at radius 3 is 2.30 bits per heavy atom. The summed E-state index contributed by atoms with van der Waals surface area (Å²) in [5, 5.41) is 0. The zero-order valence-electron chi connectivity index (χ0n) is 6.76. The van der Waals surface area contributed by atoms with Gasteiger partial charge >= 0.3 is 5.97 Å². The number of esters is 1. The van der Waals surface area contributed by atoms with Gasteiger partial charge in [-0.2, -0.15) is 0 Å². The zero-order valence-corrected chi connectivity index (χ0v) is 6.76. The van der Waals surface area contributed by atoms with E-state index in [1.165, 1.54) is 0 Å². The van der Waals surface area contributed by atoms with Crippen LogP contribution in [0.3, 0.4) is 0 Å². The van der Waals surface area contributed by atoms with Crippen molar-refractivity contribution in [3.05, 3.63) is 0 Å². The first kappa shape index (κ1) is 7.58. The van der Waals surface area contributed by atoms with Gasteiger partial charge in [0.25, 0.3) is 0 Å². The number of hydrogen-bond donors (Lipinski definition) is 0. The highest BCUT2D eigenvalue weighted by Gasteiger charge is 2.37. The van der Waals surface area contributed by atoms with Crippen LogP contribution in [0.25, 0.3) is 0 Å². The molecular formula is C8H14O2. The molecule has 0 spiro atoms. The Kier molecular flexibility index (Phi) is 1.97. The number of cyclic esters (lactones) is 1. The summed E-state index contributed by atoms with van der Waals surface area (Å²) in [7, 11) is 0. The van der Waals surface area contributed by atoms with Crippen molar-refractivity contribution >= 4 is 5.97 Å². The Balaban J connectivity index is 2.64. The van der Waals surface area contributed by atoms with Gasteiger partial charge in [-0.3, -0.25) is 4.79 Å². The van der Waals surface area contributed by atoms with E-state index >= 15 is 0 Å². The summed E-state index contributed by atoms with van der Waals surface area (Å²) in [4.78, 5) is 11.0. The van der Waals surface area contributed by atoms with Crippen LogP contribution in [0.1, 0.15) is 27.2 Å². The molecule has 2 nitrogen and oxygen atoms in total. The molecule has 3 unspecified atom stereocenters. The van der Waals surface area contributed by atoms with E-state index in [4.69, 9.17) is 4.74 Å². The lowest BCUT2D eigenvalue weighted by Gasteiger charge is -2.09. The predicted molar refractivity (Wildman–Crippen MR) is 38.5 cm³/mol. The molecule has 1 aliphatic heterocycles. The van der Waals surface area contributed by atoms with E-state index in [0.29, 0.717) is 5.92 Å². The molecule has 2 heteroatoms. The van der Waals surface area contributed by atoms with E-state index in [1.807, 2.05) is 13.8 Å². The number of carbonyl (C=O) groups is 1. The van der Waals surface area contributed by atoms with Crippen LogP contribution >= 0.6 is 0 Å². The zero-order chi connectivity index (χ0) is 7.72. The van der Waals surface area contributed by atoms with Crippen LogP contribution in [0.2, 0.25) is 0 Å². The Bertz CT molecular complexity index is 142. The highest BCUT2D eigenvalue weighted by atomic mass is 16.6. The van der Waals surface area contributed by atoms with E-state index in [1.54, 1.807) is 0 Å². The smallest absolute Gasteiger partial charge is 0.309 e. The fraction of sp³-hybridized carbons (Fsp3) is 0.875. The van der Waals surface area contributed by atoms with Gasteiger partial charge in [-0.05, 0) is 13.3 Å². The molecule has 58 valence electrons. The maximum Gasteiger partial charge on any atom is 0.309 e. The van der Waals surface area contributed by atoms with E-state index in [-0.39, 0.29) is 18.0 Å². The van der Waals surface area contributed by atoms with Gasteiger partial charge in [0.05, 0.1) is 5.92 Å². The lowest BCUT2D eigenvalue weighted by atomic mass is 9.91. The minimum atomic E-state index is -0.0116. The van der Waals surface area contributed by atoms with Crippen molar-refractivity contribution in [1.82, 2.24) is 0 Å². The Morgan fingerprint density at radius 1 is 1.50 bits per heavy atom. The average molecular weight is 142 g/mol. The second-order valence-corrected chi connectivity index (χ2v) is 3.02. The van der Waals surface area contributed by atoms with Crippen molar-refractivity contribution in [2.45, 2.75) is 33.3 Å². The van der Waals surface area contributed by atoms with Crippen LogP contribution in [0, 0.1) is 11.8 Å². The van der Waals surface area contributed by atoms with Crippen LogP contribution in [0.5, 0.6) is 0 Å². The second kappa shape index (κ2) is 2.60. The summed E-state index contributed by atoms with van der Waals surface area (Å²) in [6, 6.07) is 0. The fourth-order valence-electron chi connectivity index (χ4n) is 1.46. The number of hydrogen-bond acceptors (Lipinski definition) is 2. The number of rotatable bonds is 1. The maximum atomic E-state index is 11.0. The van der Waals surface area contributed by atoms with Crippen molar-refractivity contribution in [3.8, 4) is 0 Å². The van der Waals surface area contributed by atoms with Crippen LogP contribution < -0.4 is 0 Å². The molecule has 0 N–H and O–H groups in total. The standard InChI is InChI=1S/C8H14O2/c1-4-7-5(2)6(3)10-8(7)9/h5-7H,4H2,1-3H3. The van der Waals surface area contributed by atoms with E-state index in [2.05, 4.69) is 6.92 Å². The van der Waals surface area contributed by atoms with Gasteiger partial charge in [0.2, 0.25) is 0 Å². The summed E-state index contributed by atoms with van der Waals surface area (Å²) in [5.41, 5.74) is 0.